The molecule has 4 nitrogen and oxygen atoms in total. The van der Waals surface area contributed by atoms with E-state index in [1.54, 1.807) is 0 Å². The molecule has 0 radical (unpaired) electrons. The Labute approximate surface area is 163 Å². The minimum Gasteiger partial charge on any atom is -0.481 e. The Hall–Kier alpha value is -1.39. The van der Waals surface area contributed by atoms with E-state index in [1.807, 2.05) is 0 Å². The van der Waals surface area contributed by atoms with Crippen LogP contribution in [-0.4, -0.2) is 52.6 Å². The molecule has 4 rings (SSSR count). The van der Waals surface area contributed by atoms with Gasteiger partial charge in [0.1, 0.15) is 0 Å². The third-order valence-corrected chi connectivity index (χ3v) is 7.30. The number of benzene rings is 1. The van der Waals surface area contributed by atoms with Crippen molar-refractivity contribution < 1.29 is 9.90 Å². The summed E-state index contributed by atoms with van der Waals surface area (Å²) >= 11 is 0. The fourth-order valence-electron chi connectivity index (χ4n) is 6.13. The van der Waals surface area contributed by atoms with Gasteiger partial charge in [0.2, 0.25) is 0 Å². The number of hydrogen-bond acceptors (Lipinski definition) is 3. The van der Waals surface area contributed by atoms with Crippen LogP contribution in [0.2, 0.25) is 0 Å². The van der Waals surface area contributed by atoms with Crippen LogP contribution in [-0.2, 0) is 11.3 Å². The summed E-state index contributed by atoms with van der Waals surface area (Å²) in [6.07, 6.45) is 7.47. The van der Waals surface area contributed by atoms with Crippen LogP contribution < -0.4 is 0 Å². The van der Waals surface area contributed by atoms with Crippen LogP contribution in [0.1, 0.15) is 56.1 Å². The summed E-state index contributed by atoms with van der Waals surface area (Å²) in [7, 11) is 0. The van der Waals surface area contributed by atoms with Gasteiger partial charge in [0.15, 0.2) is 0 Å². The summed E-state index contributed by atoms with van der Waals surface area (Å²) in [6, 6.07) is 10.0. The highest BCUT2D eigenvalue weighted by Crippen LogP contribution is 2.43. The summed E-state index contributed by atoms with van der Waals surface area (Å²) in [5.74, 6) is 0.858. The Morgan fingerprint density at radius 2 is 1.96 bits per heavy atom. The molecule has 1 N–H and O–H groups in total. The van der Waals surface area contributed by atoms with E-state index in [4.69, 9.17) is 5.11 Å². The van der Waals surface area contributed by atoms with Crippen molar-refractivity contribution in [1.29, 1.82) is 0 Å². The molecule has 0 unspecified atom stereocenters. The summed E-state index contributed by atoms with van der Waals surface area (Å²) < 4.78 is 0. The average molecular weight is 371 g/mol. The summed E-state index contributed by atoms with van der Waals surface area (Å²) in [5, 5.41) is 9.12. The summed E-state index contributed by atoms with van der Waals surface area (Å²) in [4.78, 5) is 16.6. The number of rotatable bonds is 6. The molecule has 3 saturated heterocycles. The predicted molar refractivity (Wildman–Crippen MR) is 108 cm³/mol. The van der Waals surface area contributed by atoms with Crippen LogP contribution in [0.3, 0.4) is 0 Å². The van der Waals surface area contributed by atoms with Crippen LogP contribution in [0.25, 0.3) is 0 Å². The second-order valence-electron chi connectivity index (χ2n) is 8.94. The number of carbonyl (C=O) groups is 1. The summed E-state index contributed by atoms with van der Waals surface area (Å²) in [6.45, 7) is 6.97. The lowest BCUT2D eigenvalue weighted by atomic mass is 9.69. The molecule has 0 amide bonds. The lowest BCUT2D eigenvalue weighted by molar-refractivity contribution is -0.137. The Morgan fingerprint density at radius 3 is 2.74 bits per heavy atom. The molecule has 3 aliphatic heterocycles. The van der Waals surface area contributed by atoms with Crippen molar-refractivity contribution in [2.24, 2.45) is 11.8 Å². The number of carboxylic acids is 1. The molecule has 0 spiro atoms. The maximum absolute atomic E-state index is 11.1. The topological polar surface area (TPSA) is 43.8 Å². The summed E-state index contributed by atoms with van der Waals surface area (Å²) in [5.41, 5.74) is 2.81. The van der Waals surface area contributed by atoms with Crippen LogP contribution in [0.4, 0.5) is 0 Å². The maximum atomic E-state index is 11.1. The zero-order valence-corrected chi connectivity index (χ0v) is 16.6. The number of piperidine rings is 3. The van der Waals surface area contributed by atoms with Gasteiger partial charge in [-0.3, -0.25) is 14.6 Å². The molecule has 27 heavy (non-hydrogen) atoms. The molecular formula is C23H34N2O2. The van der Waals surface area contributed by atoms with Gasteiger partial charge in [0.25, 0.3) is 0 Å². The number of hydrogen-bond donors (Lipinski definition) is 1. The van der Waals surface area contributed by atoms with Crippen LogP contribution >= 0.6 is 0 Å². The van der Waals surface area contributed by atoms with Crippen molar-refractivity contribution in [3.63, 3.8) is 0 Å². The van der Waals surface area contributed by atoms with Crippen molar-refractivity contribution in [3.8, 4) is 0 Å². The molecule has 4 heteroatoms. The molecule has 0 saturated carbocycles. The van der Waals surface area contributed by atoms with Crippen molar-refractivity contribution >= 4 is 5.97 Å². The first kappa shape index (κ1) is 18.9. The van der Waals surface area contributed by atoms with Crippen LogP contribution in [0, 0.1) is 18.8 Å². The van der Waals surface area contributed by atoms with Gasteiger partial charge in [-0.25, -0.2) is 0 Å². The van der Waals surface area contributed by atoms with Crippen molar-refractivity contribution in [2.45, 2.75) is 70.5 Å². The number of aliphatic carboxylic acids is 1. The molecule has 1 aromatic carbocycles. The number of aryl methyl sites for hydroxylation is 1. The van der Waals surface area contributed by atoms with Gasteiger partial charge in [0, 0.05) is 31.6 Å². The molecule has 0 aromatic heterocycles. The first-order chi connectivity index (χ1) is 13.1. The number of likely N-dealkylation sites (tertiary alicyclic amines) is 1. The minimum atomic E-state index is -0.655. The van der Waals surface area contributed by atoms with Gasteiger partial charge in [-0.05, 0) is 81.5 Å². The second kappa shape index (κ2) is 8.32. The minimum absolute atomic E-state index is 0.305. The van der Waals surface area contributed by atoms with E-state index in [0.29, 0.717) is 12.5 Å². The van der Waals surface area contributed by atoms with Gasteiger partial charge in [-0.2, -0.15) is 0 Å². The Morgan fingerprint density at radius 1 is 1.19 bits per heavy atom. The van der Waals surface area contributed by atoms with E-state index >= 15 is 0 Å². The van der Waals surface area contributed by atoms with Gasteiger partial charge >= 0.3 is 5.97 Å². The molecule has 0 aliphatic carbocycles. The molecule has 3 aliphatic rings. The van der Waals surface area contributed by atoms with Gasteiger partial charge in [-0.1, -0.05) is 24.3 Å². The van der Waals surface area contributed by atoms with E-state index in [9.17, 15) is 4.79 Å². The average Bonchev–Trinajstić information content (AvgIpc) is 2.66. The Balaban J connectivity index is 1.56. The van der Waals surface area contributed by atoms with Gasteiger partial charge in [-0.15, -0.1) is 0 Å². The Kier molecular flexibility index (Phi) is 5.84. The largest absolute Gasteiger partial charge is 0.481 e. The third kappa shape index (κ3) is 4.07. The van der Waals surface area contributed by atoms with Gasteiger partial charge in [0.05, 0.1) is 0 Å². The first-order valence-electron chi connectivity index (χ1n) is 10.9. The molecule has 1 aromatic rings. The molecular weight excluding hydrogens is 336 g/mol. The van der Waals surface area contributed by atoms with Crippen molar-refractivity contribution in [1.82, 2.24) is 9.80 Å². The molecule has 148 valence electrons. The zero-order valence-electron chi connectivity index (χ0n) is 16.6. The SMILES string of the molecule is Cc1ccccc1CN1C[C@@H]2CCCN3CCC[C@@H]([C@H]23)[C@H]1CCCC(=O)O. The van der Waals surface area contributed by atoms with E-state index in [-0.39, 0.29) is 0 Å². The predicted octanol–water partition coefficient (Wildman–Crippen LogP) is 3.92. The van der Waals surface area contributed by atoms with E-state index < -0.39 is 5.97 Å². The molecule has 3 heterocycles. The van der Waals surface area contributed by atoms with E-state index in [0.717, 1.165) is 37.3 Å². The zero-order chi connectivity index (χ0) is 18.8. The molecule has 3 fully saturated rings. The van der Waals surface area contributed by atoms with Gasteiger partial charge < -0.3 is 5.11 Å². The van der Waals surface area contributed by atoms with E-state index in [2.05, 4.69) is 41.0 Å². The fourth-order valence-corrected chi connectivity index (χ4v) is 6.13. The first-order valence-corrected chi connectivity index (χ1v) is 10.9. The monoisotopic (exact) mass is 370 g/mol. The number of nitrogens with zero attached hydrogens (tertiary/aromatic N) is 2. The highest BCUT2D eigenvalue weighted by molar-refractivity contribution is 5.66. The number of carboxylic acid groups (broad SMARTS) is 1. The standard InChI is InChI=1S/C23H34N2O2/c1-17-7-2-3-8-18(17)15-25-16-19-9-5-13-24-14-6-10-20(23(19)24)21(25)11-4-12-22(26)27/h2-3,7-8,19-21,23H,4-6,9-16H2,1H3,(H,26,27)/t19-,20+,21+,23-/m0/s1. The van der Waals surface area contributed by atoms with Crippen molar-refractivity contribution in [2.75, 3.05) is 19.6 Å². The fraction of sp³-hybridized carbons (Fsp3) is 0.696. The molecule has 4 atom stereocenters. The molecule has 0 bridgehead atoms. The lowest BCUT2D eigenvalue weighted by Crippen LogP contribution is -2.64. The van der Waals surface area contributed by atoms with E-state index in [1.165, 1.54) is 56.4 Å². The van der Waals surface area contributed by atoms with Crippen molar-refractivity contribution in [3.05, 3.63) is 35.4 Å². The normalized spacial score (nSPS) is 31.4. The highest BCUT2D eigenvalue weighted by atomic mass is 16.4. The third-order valence-electron chi connectivity index (χ3n) is 7.30. The van der Waals surface area contributed by atoms with Crippen LogP contribution in [0.15, 0.2) is 24.3 Å². The lowest BCUT2D eigenvalue weighted by Gasteiger charge is -2.57. The highest BCUT2D eigenvalue weighted by Gasteiger charge is 2.48. The maximum Gasteiger partial charge on any atom is 0.303 e. The Bertz CT molecular complexity index is 660. The second-order valence-corrected chi connectivity index (χ2v) is 8.94. The van der Waals surface area contributed by atoms with Crippen LogP contribution in [0.5, 0.6) is 0 Å². The quantitative estimate of drug-likeness (QED) is 0.824. The smallest absolute Gasteiger partial charge is 0.303 e.